The van der Waals surface area contributed by atoms with E-state index >= 15 is 0 Å². The number of para-hydroxylation sites is 1. The highest BCUT2D eigenvalue weighted by Gasteiger charge is 2.10. The Morgan fingerprint density at radius 1 is 0.935 bits per heavy atom. The molecule has 0 radical (unpaired) electrons. The van der Waals surface area contributed by atoms with Gasteiger partial charge in [0.15, 0.2) is 11.6 Å². The highest BCUT2D eigenvalue weighted by atomic mass is 19.1. The van der Waals surface area contributed by atoms with Crippen LogP contribution in [0.5, 0.6) is 23.0 Å². The minimum Gasteiger partial charge on any atom is -0.491 e. The molecular weight excluding hydrogens is 399 g/mol. The van der Waals surface area contributed by atoms with Gasteiger partial charge < -0.3 is 19.3 Å². The van der Waals surface area contributed by atoms with Gasteiger partial charge in [0.05, 0.1) is 6.10 Å². The number of hydrogen-bond donors (Lipinski definition) is 1. The molecule has 1 N–H and O–H groups in total. The van der Waals surface area contributed by atoms with Crippen LogP contribution in [0.25, 0.3) is 0 Å². The van der Waals surface area contributed by atoms with Crippen LogP contribution in [0.2, 0.25) is 0 Å². The lowest BCUT2D eigenvalue weighted by Crippen LogP contribution is -2.06. The van der Waals surface area contributed by atoms with Crippen molar-refractivity contribution in [3.8, 4) is 23.0 Å². The molecule has 0 aliphatic carbocycles. The summed E-state index contributed by atoms with van der Waals surface area (Å²) in [6.45, 7) is 3.98. The Hall–Kier alpha value is -3.54. The van der Waals surface area contributed by atoms with Crippen LogP contribution in [0.1, 0.15) is 31.4 Å². The Bertz CT molecular complexity index is 1020. The van der Waals surface area contributed by atoms with Crippen molar-refractivity contribution in [2.24, 2.45) is 0 Å². The Morgan fingerprint density at radius 3 is 2.35 bits per heavy atom. The number of benzene rings is 3. The molecule has 5 nitrogen and oxygen atoms in total. The standard InChI is InChI=1S/C25H25FO5/c1-17(2)30-21-12-19(13-22(15-21)31-20-6-4-3-5-7-20)16-29-24-10-8-18(14-23(24)26)9-11-25(27)28/h3-8,10,12-15,17H,9,11,16H2,1-2H3,(H,27,28). The Labute approximate surface area is 181 Å². The van der Waals surface area contributed by atoms with E-state index in [9.17, 15) is 9.18 Å². The monoisotopic (exact) mass is 424 g/mol. The number of carboxylic acids is 1. The number of aryl methyl sites for hydroxylation is 1. The summed E-state index contributed by atoms with van der Waals surface area (Å²) in [6, 6.07) is 19.3. The molecule has 0 aromatic heterocycles. The number of carboxylic acid groups (broad SMARTS) is 1. The van der Waals surface area contributed by atoms with Gasteiger partial charge in [-0.05, 0) is 67.8 Å². The van der Waals surface area contributed by atoms with Gasteiger partial charge >= 0.3 is 5.97 Å². The molecule has 31 heavy (non-hydrogen) atoms. The SMILES string of the molecule is CC(C)Oc1cc(COc2ccc(CCC(=O)O)cc2F)cc(Oc2ccccc2)c1. The predicted molar refractivity (Wildman–Crippen MR) is 115 cm³/mol. The zero-order chi connectivity index (χ0) is 22.2. The van der Waals surface area contributed by atoms with Gasteiger partial charge in [0.2, 0.25) is 0 Å². The number of carbonyl (C=O) groups is 1. The second-order valence-corrected chi connectivity index (χ2v) is 7.34. The molecule has 6 heteroatoms. The fourth-order valence-electron chi connectivity index (χ4n) is 2.97. The highest BCUT2D eigenvalue weighted by Crippen LogP contribution is 2.29. The Morgan fingerprint density at radius 2 is 1.68 bits per heavy atom. The summed E-state index contributed by atoms with van der Waals surface area (Å²) in [5.74, 6) is 0.564. The van der Waals surface area contributed by atoms with Crippen molar-refractivity contribution in [2.75, 3.05) is 0 Å². The molecule has 0 heterocycles. The van der Waals surface area contributed by atoms with E-state index in [2.05, 4.69) is 0 Å². The molecule has 3 aromatic carbocycles. The molecule has 0 bridgehead atoms. The zero-order valence-corrected chi connectivity index (χ0v) is 17.5. The summed E-state index contributed by atoms with van der Waals surface area (Å²) >= 11 is 0. The smallest absolute Gasteiger partial charge is 0.303 e. The molecule has 0 fully saturated rings. The van der Waals surface area contributed by atoms with E-state index in [4.69, 9.17) is 19.3 Å². The molecule has 0 amide bonds. The van der Waals surface area contributed by atoms with Crippen molar-refractivity contribution in [1.82, 2.24) is 0 Å². The summed E-state index contributed by atoms with van der Waals surface area (Å²) in [4.78, 5) is 10.7. The van der Waals surface area contributed by atoms with E-state index in [1.807, 2.05) is 56.3 Å². The molecule has 0 aliphatic rings. The summed E-state index contributed by atoms with van der Waals surface area (Å²) in [5, 5.41) is 8.76. The average Bonchev–Trinajstić information content (AvgIpc) is 2.71. The molecule has 3 aromatic rings. The molecule has 162 valence electrons. The Balaban J connectivity index is 1.74. The second-order valence-electron chi connectivity index (χ2n) is 7.34. The van der Waals surface area contributed by atoms with E-state index < -0.39 is 11.8 Å². The fraction of sp³-hybridized carbons (Fsp3) is 0.240. The van der Waals surface area contributed by atoms with Crippen LogP contribution in [-0.2, 0) is 17.8 Å². The van der Waals surface area contributed by atoms with Crippen LogP contribution in [0, 0.1) is 5.82 Å². The molecule has 3 rings (SSSR count). The maximum Gasteiger partial charge on any atom is 0.303 e. The molecule has 0 aliphatic heterocycles. The van der Waals surface area contributed by atoms with Gasteiger partial charge in [-0.25, -0.2) is 4.39 Å². The molecular formula is C25H25FO5. The number of rotatable bonds is 10. The van der Waals surface area contributed by atoms with Crippen LogP contribution < -0.4 is 14.2 Å². The lowest BCUT2D eigenvalue weighted by Gasteiger charge is -2.15. The third kappa shape index (κ3) is 7.03. The van der Waals surface area contributed by atoms with Gasteiger partial charge in [-0.1, -0.05) is 24.3 Å². The van der Waals surface area contributed by atoms with Gasteiger partial charge in [0.25, 0.3) is 0 Å². The summed E-state index contributed by atoms with van der Waals surface area (Å²) < 4.78 is 31.8. The van der Waals surface area contributed by atoms with Crippen LogP contribution in [0.15, 0.2) is 66.7 Å². The highest BCUT2D eigenvalue weighted by molar-refractivity contribution is 5.67. The van der Waals surface area contributed by atoms with Crippen LogP contribution in [0.4, 0.5) is 4.39 Å². The first-order valence-electron chi connectivity index (χ1n) is 10.1. The third-order valence-electron chi connectivity index (χ3n) is 4.31. The van der Waals surface area contributed by atoms with Gasteiger partial charge in [0.1, 0.15) is 23.9 Å². The molecule has 0 saturated carbocycles. The van der Waals surface area contributed by atoms with Crippen LogP contribution >= 0.6 is 0 Å². The largest absolute Gasteiger partial charge is 0.491 e. The first kappa shape index (κ1) is 22.2. The molecule has 0 atom stereocenters. The number of halogens is 1. The first-order valence-corrected chi connectivity index (χ1v) is 10.1. The third-order valence-corrected chi connectivity index (χ3v) is 4.31. The fourth-order valence-corrected chi connectivity index (χ4v) is 2.97. The first-order chi connectivity index (χ1) is 14.9. The summed E-state index contributed by atoms with van der Waals surface area (Å²) in [7, 11) is 0. The van der Waals surface area contributed by atoms with Gasteiger partial charge in [0, 0.05) is 12.5 Å². The van der Waals surface area contributed by atoms with E-state index in [1.165, 1.54) is 12.1 Å². The minimum atomic E-state index is -0.919. The maximum atomic E-state index is 14.4. The summed E-state index contributed by atoms with van der Waals surface area (Å²) in [6.07, 6.45) is 0.199. The number of hydrogen-bond acceptors (Lipinski definition) is 4. The molecule has 0 spiro atoms. The van der Waals surface area contributed by atoms with Crippen molar-refractivity contribution in [3.63, 3.8) is 0 Å². The normalized spacial score (nSPS) is 10.7. The lowest BCUT2D eigenvalue weighted by atomic mass is 10.1. The predicted octanol–water partition coefficient (Wildman–Crippen LogP) is 6.00. The van der Waals surface area contributed by atoms with E-state index in [0.29, 0.717) is 22.8 Å². The topological polar surface area (TPSA) is 65.0 Å². The quantitative estimate of drug-likeness (QED) is 0.432. The summed E-state index contributed by atoms with van der Waals surface area (Å²) in [5.41, 5.74) is 1.37. The van der Waals surface area contributed by atoms with Crippen molar-refractivity contribution in [3.05, 3.63) is 83.7 Å². The van der Waals surface area contributed by atoms with Crippen molar-refractivity contribution >= 4 is 5.97 Å². The lowest BCUT2D eigenvalue weighted by molar-refractivity contribution is -0.136. The second kappa shape index (κ2) is 10.5. The molecule has 0 saturated heterocycles. The zero-order valence-electron chi connectivity index (χ0n) is 17.5. The van der Waals surface area contributed by atoms with Crippen molar-refractivity contribution < 1.29 is 28.5 Å². The maximum absolute atomic E-state index is 14.4. The van der Waals surface area contributed by atoms with Gasteiger partial charge in [-0.15, -0.1) is 0 Å². The minimum absolute atomic E-state index is 0.0171. The van der Waals surface area contributed by atoms with Crippen molar-refractivity contribution in [1.29, 1.82) is 0 Å². The van der Waals surface area contributed by atoms with Crippen LogP contribution in [0.3, 0.4) is 0 Å². The van der Waals surface area contributed by atoms with Crippen molar-refractivity contribution in [2.45, 2.75) is 39.4 Å². The van der Waals surface area contributed by atoms with Crippen LogP contribution in [-0.4, -0.2) is 17.2 Å². The van der Waals surface area contributed by atoms with Gasteiger partial charge in [-0.2, -0.15) is 0 Å². The van der Waals surface area contributed by atoms with E-state index in [-0.39, 0.29) is 31.3 Å². The average molecular weight is 424 g/mol. The van der Waals surface area contributed by atoms with E-state index in [1.54, 1.807) is 12.1 Å². The Kier molecular flexibility index (Phi) is 7.49. The number of ether oxygens (including phenoxy) is 3. The van der Waals surface area contributed by atoms with E-state index in [0.717, 1.165) is 5.56 Å². The number of aliphatic carboxylic acids is 1. The molecule has 0 unspecified atom stereocenters. The van der Waals surface area contributed by atoms with Gasteiger partial charge in [-0.3, -0.25) is 4.79 Å².